The van der Waals surface area contributed by atoms with Crippen LogP contribution >= 0.6 is 0 Å². The summed E-state index contributed by atoms with van der Waals surface area (Å²) in [5.41, 5.74) is 5.50. The molecule has 0 saturated heterocycles. The Morgan fingerprint density at radius 3 is 2.84 bits per heavy atom. The van der Waals surface area contributed by atoms with E-state index in [2.05, 4.69) is 52.6 Å². The minimum atomic E-state index is 0.951. The zero-order valence-corrected chi connectivity index (χ0v) is 11.3. The van der Waals surface area contributed by atoms with Crippen molar-refractivity contribution < 1.29 is 0 Å². The lowest BCUT2D eigenvalue weighted by atomic mass is 10.1. The Morgan fingerprint density at radius 2 is 2.00 bits per heavy atom. The van der Waals surface area contributed by atoms with Crippen molar-refractivity contribution in [1.29, 1.82) is 0 Å². The highest BCUT2D eigenvalue weighted by molar-refractivity contribution is 5.61. The number of fused-ring (bicyclic) bond motifs is 1. The summed E-state index contributed by atoms with van der Waals surface area (Å²) < 4.78 is 0. The van der Waals surface area contributed by atoms with E-state index in [1.807, 2.05) is 12.4 Å². The lowest BCUT2D eigenvalue weighted by Gasteiger charge is -2.18. The van der Waals surface area contributed by atoms with Gasteiger partial charge >= 0.3 is 0 Å². The average Bonchev–Trinajstić information content (AvgIpc) is 2.89. The van der Waals surface area contributed by atoms with Gasteiger partial charge in [-0.1, -0.05) is 18.2 Å². The molecule has 0 spiro atoms. The Labute approximate surface area is 114 Å². The molecule has 0 radical (unpaired) electrons. The van der Waals surface area contributed by atoms with Gasteiger partial charge in [-0.3, -0.25) is 9.88 Å². The number of hydrogen-bond acceptors (Lipinski definition) is 3. The van der Waals surface area contributed by atoms with Gasteiger partial charge in [0.25, 0.3) is 0 Å². The second-order valence-electron chi connectivity index (χ2n) is 5.16. The highest BCUT2D eigenvalue weighted by Gasteiger charge is 2.14. The van der Waals surface area contributed by atoms with Crippen molar-refractivity contribution >= 4 is 5.69 Å². The molecule has 3 heteroatoms. The van der Waals surface area contributed by atoms with Gasteiger partial charge in [0.15, 0.2) is 0 Å². The normalized spacial score (nSPS) is 13.4. The van der Waals surface area contributed by atoms with Crippen LogP contribution in [0.5, 0.6) is 0 Å². The summed E-state index contributed by atoms with van der Waals surface area (Å²) in [6, 6.07) is 10.8. The number of hydrogen-bond donors (Lipinski definition) is 1. The van der Waals surface area contributed by atoms with Crippen LogP contribution in [0.3, 0.4) is 0 Å². The van der Waals surface area contributed by atoms with E-state index in [4.69, 9.17) is 0 Å². The molecule has 1 aliphatic rings. The second kappa shape index (κ2) is 5.41. The quantitative estimate of drug-likeness (QED) is 0.908. The van der Waals surface area contributed by atoms with E-state index in [1.54, 1.807) is 0 Å². The maximum absolute atomic E-state index is 4.06. The number of pyridine rings is 1. The monoisotopic (exact) mass is 253 g/mol. The number of aromatic nitrogens is 1. The Balaban J connectivity index is 1.70. The van der Waals surface area contributed by atoms with Gasteiger partial charge in [-0.2, -0.15) is 0 Å². The summed E-state index contributed by atoms with van der Waals surface area (Å²) in [6.45, 7) is 2.99. The van der Waals surface area contributed by atoms with Gasteiger partial charge in [0, 0.05) is 37.7 Å². The molecule has 3 nitrogen and oxygen atoms in total. The van der Waals surface area contributed by atoms with E-state index in [0.717, 1.165) is 26.1 Å². The van der Waals surface area contributed by atoms with Crippen molar-refractivity contribution in [2.45, 2.75) is 19.5 Å². The Morgan fingerprint density at radius 1 is 1.16 bits per heavy atom. The SMILES string of the molecule is CN(Cc1ccncc1)Cc1cccc2c1NCC2. The van der Waals surface area contributed by atoms with Crippen molar-refractivity contribution in [3.63, 3.8) is 0 Å². The molecule has 3 rings (SSSR count). The summed E-state index contributed by atoms with van der Waals surface area (Å²) in [7, 11) is 2.16. The first-order chi connectivity index (χ1) is 9.33. The first-order valence-electron chi connectivity index (χ1n) is 6.75. The van der Waals surface area contributed by atoms with E-state index in [1.165, 1.54) is 22.4 Å². The molecule has 98 valence electrons. The largest absolute Gasteiger partial charge is 0.384 e. The number of benzene rings is 1. The average molecular weight is 253 g/mol. The number of nitrogens with zero attached hydrogens (tertiary/aromatic N) is 2. The molecule has 1 N–H and O–H groups in total. The molecule has 1 aromatic carbocycles. The van der Waals surface area contributed by atoms with Gasteiger partial charge < -0.3 is 5.32 Å². The number of para-hydroxylation sites is 1. The summed E-state index contributed by atoms with van der Waals surface area (Å²) in [6.07, 6.45) is 4.85. The smallest absolute Gasteiger partial charge is 0.0419 e. The van der Waals surface area contributed by atoms with Gasteiger partial charge in [0.2, 0.25) is 0 Å². The van der Waals surface area contributed by atoms with Crippen molar-refractivity contribution in [2.75, 3.05) is 18.9 Å². The molecule has 1 aliphatic heterocycles. The molecule has 19 heavy (non-hydrogen) atoms. The van der Waals surface area contributed by atoms with E-state index in [-0.39, 0.29) is 0 Å². The molecular weight excluding hydrogens is 234 g/mol. The van der Waals surface area contributed by atoms with Crippen LogP contribution in [0.1, 0.15) is 16.7 Å². The fourth-order valence-electron chi connectivity index (χ4n) is 2.69. The summed E-state index contributed by atoms with van der Waals surface area (Å²) in [5.74, 6) is 0. The third kappa shape index (κ3) is 2.76. The minimum absolute atomic E-state index is 0.951. The van der Waals surface area contributed by atoms with Crippen LogP contribution in [0.2, 0.25) is 0 Å². The predicted molar refractivity (Wildman–Crippen MR) is 78.0 cm³/mol. The predicted octanol–water partition coefficient (Wildman–Crippen LogP) is 2.68. The van der Waals surface area contributed by atoms with Crippen LogP contribution in [-0.2, 0) is 19.5 Å². The third-order valence-electron chi connectivity index (χ3n) is 3.58. The summed E-state index contributed by atoms with van der Waals surface area (Å²) in [5, 5.41) is 3.50. The van der Waals surface area contributed by atoms with Crippen molar-refractivity contribution in [2.24, 2.45) is 0 Å². The zero-order valence-electron chi connectivity index (χ0n) is 11.3. The van der Waals surface area contributed by atoms with Gasteiger partial charge in [-0.15, -0.1) is 0 Å². The van der Waals surface area contributed by atoms with Crippen LogP contribution in [0.25, 0.3) is 0 Å². The minimum Gasteiger partial charge on any atom is -0.384 e. The number of nitrogens with one attached hydrogen (secondary N) is 1. The zero-order chi connectivity index (χ0) is 13.1. The Hall–Kier alpha value is -1.87. The van der Waals surface area contributed by atoms with Crippen LogP contribution in [-0.4, -0.2) is 23.5 Å². The molecule has 2 aromatic rings. The number of rotatable bonds is 4. The first-order valence-corrected chi connectivity index (χ1v) is 6.75. The van der Waals surface area contributed by atoms with Crippen molar-refractivity contribution in [3.8, 4) is 0 Å². The van der Waals surface area contributed by atoms with Gasteiger partial charge in [0.1, 0.15) is 0 Å². The highest BCUT2D eigenvalue weighted by Crippen LogP contribution is 2.27. The molecule has 0 fully saturated rings. The van der Waals surface area contributed by atoms with Gasteiger partial charge in [0.05, 0.1) is 0 Å². The molecule has 1 aromatic heterocycles. The Bertz CT molecular complexity index is 551. The van der Waals surface area contributed by atoms with E-state index in [0.29, 0.717) is 0 Å². The van der Waals surface area contributed by atoms with E-state index < -0.39 is 0 Å². The van der Waals surface area contributed by atoms with Crippen LogP contribution in [0.15, 0.2) is 42.7 Å². The third-order valence-corrected chi connectivity index (χ3v) is 3.58. The molecular formula is C16H19N3. The summed E-state index contributed by atoms with van der Waals surface area (Å²) in [4.78, 5) is 6.39. The summed E-state index contributed by atoms with van der Waals surface area (Å²) >= 11 is 0. The standard InChI is InChI=1S/C16H19N3/c1-19(11-13-5-8-17-9-6-13)12-15-4-2-3-14-7-10-18-16(14)15/h2-6,8-9,18H,7,10-12H2,1H3. The highest BCUT2D eigenvalue weighted by atomic mass is 15.1. The number of anilines is 1. The molecule has 0 bridgehead atoms. The Kier molecular flexibility index (Phi) is 3.47. The van der Waals surface area contributed by atoms with Crippen LogP contribution in [0, 0.1) is 0 Å². The van der Waals surface area contributed by atoms with E-state index in [9.17, 15) is 0 Å². The van der Waals surface area contributed by atoms with Crippen LogP contribution in [0.4, 0.5) is 5.69 Å². The second-order valence-corrected chi connectivity index (χ2v) is 5.16. The van der Waals surface area contributed by atoms with Gasteiger partial charge in [-0.25, -0.2) is 0 Å². The molecule has 0 amide bonds. The lowest BCUT2D eigenvalue weighted by Crippen LogP contribution is -2.18. The molecule has 0 aliphatic carbocycles. The lowest BCUT2D eigenvalue weighted by molar-refractivity contribution is 0.319. The fraction of sp³-hybridized carbons (Fsp3) is 0.312. The molecule has 0 atom stereocenters. The van der Waals surface area contributed by atoms with Gasteiger partial charge in [-0.05, 0) is 42.3 Å². The van der Waals surface area contributed by atoms with Crippen molar-refractivity contribution in [3.05, 3.63) is 59.4 Å². The first kappa shape index (κ1) is 12.2. The molecule has 0 unspecified atom stereocenters. The van der Waals surface area contributed by atoms with Crippen LogP contribution < -0.4 is 5.32 Å². The molecule has 0 saturated carbocycles. The van der Waals surface area contributed by atoms with E-state index >= 15 is 0 Å². The maximum atomic E-state index is 4.06. The maximum Gasteiger partial charge on any atom is 0.0419 e. The van der Waals surface area contributed by atoms with Crippen molar-refractivity contribution in [1.82, 2.24) is 9.88 Å². The molecule has 2 heterocycles. The topological polar surface area (TPSA) is 28.2 Å². The fourth-order valence-corrected chi connectivity index (χ4v) is 2.69.